The Morgan fingerprint density at radius 2 is 2.14 bits per heavy atom. The van der Waals surface area contributed by atoms with Crippen LogP contribution in [0.4, 0.5) is 0 Å². The van der Waals surface area contributed by atoms with Gasteiger partial charge in [-0.2, -0.15) is 5.10 Å². The zero-order valence-electron chi connectivity index (χ0n) is 17.0. The largest absolute Gasteiger partial charge is 0.385 e. The molecule has 4 rings (SSSR count). The number of benzene rings is 1. The van der Waals surface area contributed by atoms with Crippen LogP contribution in [0.25, 0.3) is 10.9 Å². The fourth-order valence-corrected chi connectivity index (χ4v) is 4.00. The Hall–Kier alpha value is -2.77. The first-order valence-electron chi connectivity index (χ1n) is 10.0. The van der Waals surface area contributed by atoms with Crippen LogP contribution in [0.2, 0.25) is 0 Å². The Kier molecular flexibility index (Phi) is 5.87. The molecule has 0 spiro atoms. The third-order valence-electron chi connectivity index (χ3n) is 5.48. The lowest BCUT2D eigenvalue weighted by Gasteiger charge is -2.27. The molecule has 7 heteroatoms. The van der Waals surface area contributed by atoms with E-state index >= 15 is 0 Å². The van der Waals surface area contributed by atoms with E-state index in [0.717, 1.165) is 49.2 Å². The number of ether oxygens (including phenoxy) is 1. The Bertz CT molecular complexity index is 1010. The quantitative estimate of drug-likeness (QED) is 0.624. The lowest BCUT2D eigenvalue weighted by Crippen LogP contribution is -2.32. The number of nitrogens with one attached hydrogen (secondary N) is 1. The van der Waals surface area contributed by atoms with E-state index in [1.54, 1.807) is 7.11 Å². The Morgan fingerprint density at radius 1 is 1.28 bits per heavy atom. The summed E-state index contributed by atoms with van der Waals surface area (Å²) in [6.07, 6.45) is 3.55. The van der Waals surface area contributed by atoms with E-state index in [0.29, 0.717) is 18.8 Å². The molecule has 0 bridgehead atoms. The van der Waals surface area contributed by atoms with E-state index in [1.807, 2.05) is 30.1 Å². The average Bonchev–Trinajstić information content (AvgIpc) is 3.07. The number of carbonyl (C=O) groups is 1. The van der Waals surface area contributed by atoms with Crippen molar-refractivity contribution in [3.8, 4) is 0 Å². The molecular weight excluding hydrogens is 366 g/mol. The van der Waals surface area contributed by atoms with E-state index in [1.165, 1.54) is 10.9 Å². The first-order valence-corrected chi connectivity index (χ1v) is 10.0. The Morgan fingerprint density at radius 3 is 3.00 bits per heavy atom. The summed E-state index contributed by atoms with van der Waals surface area (Å²) in [6.45, 7) is 3.71. The normalized spacial score (nSPS) is 14.1. The number of aromatic nitrogens is 3. The summed E-state index contributed by atoms with van der Waals surface area (Å²) in [4.78, 5) is 19.5. The predicted molar refractivity (Wildman–Crippen MR) is 112 cm³/mol. The standard InChI is InChI=1S/C22H27N5O2/c1-26-20-9-12-27(14-16-8-11-23-19-7-4-3-6-17(16)19)15-18(20)21(25-26)22(28)24-10-5-13-29-2/h3-4,6-8,11H,5,9-10,12-15H2,1-2H3,(H,24,28). The smallest absolute Gasteiger partial charge is 0.272 e. The zero-order chi connectivity index (χ0) is 20.2. The Labute approximate surface area is 170 Å². The molecule has 0 aliphatic carbocycles. The van der Waals surface area contributed by atoms with Gasteiger partial charge in [-0.25, -0.2) is 0 Å². The molecule has 2 aromatic heterocycles. The van der Waals surface area contributed by atoms with Gasteiger partial charge in [0.25, 0.3) is 5.91 Å². The average molecular weight is 393 g/mol. The third kappa shape index (κ3) is 4.16. The van der Waals surface area contributed by atoms with Crippen LogP contribution in [0.5, 0.6) is 0 Å². The lowest BCUT2D eigenvalue weighted by atomic mass is 10.0. The highest BCUT2D eigenvalue weighted by molar-refractivity contribution is 5.94. The van der Waals surface area contributed by atoms with Gasteiger partial charge in [-0.3, -0.25) is 19.4 Å². The van der Waals surface area contributed by atoms with Crippen LogP contribution in [0.1, 0.15) is 33.7 Å². The zero-order valence-corrected chi connectivity index (χ0v) is 17.0. The fourth-order valence-electron chi connectivity index (χ4n) is 4.00. The third-order valence-corrected chi connectivity index (χ3v) is 5.48. The van der Waals surface area contributed by atoms with E-state index in [9.17, 15) is 4.79 Å². The van der Waals surface area contributed by atoms with Gasteiger partial charge in [-0.15, -0.1) is 0 Å². The molecule has 29 heavy (non-hydrogen) atoms. The van der Waals surface area contributed by atoms with Crippen LogP contribution in [0.15, 0.2) is 36.5 Å². The number of rotatable bonds is 7. The number of aryl methyl sites for hydroxylation is 1. The van der Waals surface area contributed by atoms with Crippen LogP contribution in [0.3, 0.4) is 0 Å². The van der Waals surface area contributed by atoms with Gasteiger partial charge in [0, 0.05) is 76.2 Å². The molecular formula is C22H27N5O2. The van der Waals surface area contributed by atoms with Crippen molar-refractivity contribution >= 4 is 16.8 Å². The van der Waals surface area contributed by atoms with Crippen molar-refractivity contribution < 1.29 is 9.53 Å². The van der Waals surface area contributed by atoms with Crippen molar-refractivity contribution in [2.75, 3.05) is 26.8 Å². The number of nitrogens with zero attached hydrogens (tertiary/aromatic N) is 4. The molecule has 1 aliphatic heterocycles. The molecule has 1 aromatic carbocycles. The molecule has 0 atom stereocenters. The van der Waals surface area contributed by atoms with Gasteiger partial charge in [0.2, 0.25) is 0 Å². The highest BCUT2D eigenvalue weighted by atomic mass is 16.5. The van der Waals surface area contributed by atoms with E-state index < -0.39 is 0 Å². The van der Waals surface area contributed by atoms with Crippen LogP contribution in [0, 0.1) is 0 Å². The summed E-state index contributed by atoms with van der Waals surface area (Å²) in [5.41, 5.74) is 5.02. The first-order chi connectivity index (χ1) is 14.2. The van der Waals surface area contributed by atoms with E-state index in [2.05, 4.69) is 38.5 Å². The van der Waals surface area contributed by atoms with Gasteiger partial charge in [0.15, 0.2) is 5.69 Å². The second kappa shape index (κ2) is 8.71. The summed E-state index contributed by atoms with van der Waals surface area (Å²) < 4.78 is 6.90. The number of pyridine rings is 1. The number of amides is 1. The van der Waals surface area contributed by atoms with Gasteiger partial charge >= 0.3 is 0 Å². The fraction of sp³-hybridized carbons (Fsp3) is 0.409. The van der Waals surface area contributed by atoms with Gasteiger partial charge in [0.05, 0.1) is 5.52 Å². The van der Waals surface area contributed by atoms with Crippen LogP contribution < -0.4 is 5.32 Å². The molecule has 0 saturated carbocycles. The SMILES string of the molecule is COCCCNC(=O)c1nn(C)c2c1CN(Cc1ccnc3ccccc13)CC2. The summed E-state index contributed by atoms with van der Waals surface area (Å²) >= 11 is 0. The topological polar surface area (TPSA) is 72.3 Å². The number of hydrogen-bond donors (Lipinski definition) is 1. The Balaban J connectivity index is 1.51. The van der Waals surface area contributed by atoms with Gasteiger partial charge < -0.3 is 10.1 Å². The molecule has 7 nitrogen and oxygen atoms in total. The number of para-hydroxylation sites is 1. The summed E-state index contributed by atoms with van der Waals surface area (Å²) in [5.74, 6) is -0.103. The van der Waals surface area contributed by atoms with Gasteiger partial charge in [-0.1, -0.05) is 18.2 Å². The number of fused-ring (bicyclic) bond motifs is 2. The van der Waals surface area contributed by atoms with E-state index in [4.69, 9.17) is 4.74 Å². The minimum atomic E-state index is -0.103. The van der Waals surface area contributed by atoms with Crippen LogP contribution >= 0.6 is 0 Å². The lowest BCUT2D eigenvalue weighted by molar-refractivity contribution is 0.0940. The molecule has 0 radical (unpaired) electrons. The summed E-state index contributed by atoms with van der Waals surface area (Å²) in [7, 11) is 3.59. The van der Waals surface area contributed by atoms with Crippen molar-refractivity contribution in [2.24, 2.45) is 7.05 Å². The van der Waals surface area contributed by atoms with Crippen LogP contribution in [-0.2, 0) is 31.3 Å². The monoisotopic (exact) mass is 393 g/mol. The van der Waals surface area contributed by atoms with Gasteiger partial charge in [-0.05, 0) is 24.1 Å². The molecule has 1 N–H and O–H groups in total. The van der Waals surface area contributed by atoms with E-state index in [-0.39, 0.29) is 5.91 Å². The van der Waals surface area contributed by atoms with Crippen molar-refractivity contribution in [1.29, 1.82) is 0 Å². The minimum absolute atomic E-state index is 0.103. The summed E-state index contributed by atoms with van der Waals surface area (Å²) in [6, 6.07) is 10.3. The van der Waals surface area contributed by atoms with Crippen molar-refractivity contribution in [3.05, 3.63) is 59.0 Å². The maximum atomic E-state index is 12.7. The van der Waals surface area contributed by atoms with Crippen LogP contribution in [-0.4, -0.2) is 52.4 Å². The number of methoxy groups -OCH3 is 1. The molecule has 152 valence electrons. The molecule has 3 aromatic rings. The second-order valence-electron chi connectivity index (χ2n) is 7.45. The summed E-state index contributed by atoms with van der Waals surface area (Å²) in [5, 5.41) is 8.67. The minimum Gasteiger partial charge on any atom is -0.385 e. The van der Waals surface area contributed by atoms with Gasteiger partial charge in [0.1, 0.15) is 0 Å². The highest BCUT2D eigenvalue weighted by Crippen LogP contribution is 2.25. The highest BCUT2D eigenvalue weighted by Gasteiger charge is 2.27. The molecule has 0 saturated heterocycles. The van der Waals surface area contributed by atoms with Crippen molar-refractivity contribution in [3.63, 3.8) is 0 Å². The first kappa shape index (κ1) is 19.5. The maximum absolute atomic E-state index is 12.7. The molecule has 3 heterocycles. The van der Waals surface area contributed by atoms with Crippen molar-refractivity contribution in [1.82, 2.24) is 25.0 Å². The van der Waals surface area contributed by atoms with Crippen molar-refractivity contribution in [2.45, 2.75) is 25.9 Å². The maximum Gasteiger partial charge on any atom is 0.272 e. The number of hydrogen-bond acceptors (Lipinski definition) is 5. The molecule has 0 fully saturated rings. The second-order valence-corrected chi connectivity index (χ2v) is 7.45. The predicted octanol–water partition coefficient (Wildman–Crippen LogP) is 2.29. The number of carbonyl (C=O) groups excluding carboxylic acids is 1. The molecule has 0 unspecified atom stereocenters. The molecule has 1 aliphatic rings. The molecule has 1 amide bonds.